The van der Waals surface area contributed by atoms with Crippen LogP contribution >= 0.6 is 11.6 Å². The number of benzene rings is 1. The number of nitrogens with two attached hydrogens (primary N) is 1. The standard InChI is InChI=1S/C11H10ClN3O/c12-8-3-1-2-7(4-8)5-9-6-10(13)11(16)15-14-9/h1-4,6H,5H2,(H2,13,14)(H,15,16). The molecule has 0 aliphatic rings. The number of anilines is 1. The highest BCUT2D eigenvalue weighted by molar-refractivity contribution is 6.30. The summed E-state index contributed by atoms with van der Waals surface area (Å²) in [4.78, 5) is 11.0. The zero-order chi connectivity index (χ0) is 11.5. The predicted octanol–water partition coefficient (Wildman–Crippen LogP) is 1.60. The molecule has 0 atom stereocenters. The highest BCUT2D eigenvalue weighted by Crippen LogP contribution is 2.13. The van der Waals surface area contributed by atoms with Gasteiger partial charge in [-0.3, -0.25) is 4.79 Å². The summed E-state index contributed by atoms with van der Waals surface area (Å²) in [6.07, 6.45) is 0.585. The summed E-state index contributed by atoms with van der Waals surface area (Å²) in [5.41, 5.74) is 7.03. The number of H-pyrrole nitrogens is 1. The fourth-order valence-corrected chi connectivity index (χ4v) is 1.62. The van der Waals surface area contributed by atoms with Crippen molar-refractivity contribution in [1.29, 1.82) is 0 Å². The van der Waals surface area contributed by atoms with Crippen LogP contribution in [-0.2, 0) is 6.42 Å². The van der Waals surface area contributed by atoms with Gasteiger partial charge in [0.05, 0.1) is 5.69 Å². The van der Waals surface area contributed by atoms with Crippen LogP contribution in [0.3, 0.4) is 0 Å². The van der Waals surface area contributed by atoms with Gasteiger partial charge in [0.25, 0.3) is 5.56 Å². The molecule has 2 aromatic rings. The maximum atomic E-state index is 11.0. The molecule has 4 nitrogen and oxygen atoms in total. The molecular formula is C11H10ClN3O. The largest absolute Gasteiger partial charge is 0.394 e. The van der Waals surface area contributed by atoms with Gasteiger partial charge in [0.15, 0.2) is 0 Å². The average Bonchev–Trinajstić information content (AvgIpc) is 2.24. The van der Waals surface area contributed by atoms with Gasteiger partial charge < -0.3 is 5.73 Å². The molecule has 1 heterocycles. The molecule has 5 heteroatoms. The first-order chi connectivity index (χ1) is 7.65. The van der Waals surface area contributed by atoms with E-state index in [1.165, 1.54) is 0 Å². The Morgan fingerprint density at radius 2 is 2.19 bits per heavy atom. The van der Waals surface area contributed by atoms with Crippen molar-refractivity contribution in [1.82, 2.24) is 10.2 Å². The number of hydrogen-bond acceptors (Lipinski definition) is 3. The van der Waals surface area contributed by atoms with Crippen LogP contribution in [0.4, 0.5) is 5.69 Å². The molecule has 0 aliphatic heterocycles. The van der Waals surface area contributed by atoms with Gasteiger partial charge in [-0.1, -0.05) is 23.7 Å². The van der Waals surface area contributed by atoms with Crippen molar-refractivity contribution in [2.75, 3.05) is 5.73 Å². The predicted molar refractivity (Wildman–Crippen MR) is 63.5 cm³/mol. The average molecular weight is 236 g/mol. The quantitative estimate of drug-likeness (QED) is 0.831. The molecule has 1 aromatic heterocycles. The lowest BCUT2D eigenvalue weighted by Gasteiger charge is -2.01. The third kappa shape index (κ3) is 2.41. The number of aromatic amines is 1. The summed E-state index contributed by atoms with van der Waals surface area (Å²) in [6, 6.07) is 9.03. The molecular weight excluding hydrogens is 226 g/mol. The van der Waals surface area contributed by atoms with E-state index in [9.17, 15) is 4.79 Å². The SMILES string of the molecule is Nc1cc(Cc2cccc(Cl)c2)n[nH]c1=O. The van der Waals surface area contributed by atoms with Crippen LogP contribution in [0.1, 0.15) is 11.3 Å². The Hall–Kier alpha value is -1.81. The zero-order valence-electron chi connectivity index (χ0n) is 8.40. The van der Waals surface area contributed by atoms with E-state index in [0.29, 0.717) is 17.1 Å². The lowest BCUT2D eigenvalue weighted by Crippen LogP contribution is -2.14. The molecule has 2 rings (SSSR count). The van der Waals surface area contributed by atoms with E-state index in [2.05, 4.69) is 10.2 Å². The molecule has 0 unspecified atom stereocenters. The second-order valence-corrected chi connectivity index (χ2v) is 3.89. The Balaban J connectivity index is 2.27. The highest BCUT2D eigenvalue weighted by Gasteiger charge is 2.01. The molecule has 82 valence electrons. The van der Waals surface area contributed by atoms with E-state index in [0.717, 1.165) is 5.56 Å². The molecule has 0 spiro atoms. The molecule has 0 saturated heterocycles. The summed E-state index contributed by atoms with van der Waals surface area (Å²) in [7, 11) is 0. The smallest absolute Gasteiger partial charge is 0.287 e. The summed E-state index contributed by atoms with van der Waals surface area (Å²) in [6.45, 7) is 0. The van der Waals surface area contributed by atoms with E-state index >= 15 is 0 Å². The first-order valence-electron chi connectivity index (χ1n) is 4.73. The second kappa shape index (κ2) is 4.37. The topological polar surface area (TPSA) is 71.8 Å². The Morgan fingerprint density at radius 1 is 1.38 bits per heavy atom. The number of halogens is 1. The van der Waals surface area contributed by atoms with Crippen molar-refractivity contribution in [2.45, 2.75) is 6.42 Å². The van der Waals surface area contributed by atoms with Crippen LogP contribution in [0.2, 0.25) is 5.02 Å². The van der Waals surface area contributed by atoms with Crippen molar-refractivity contribution in [3.8, 4) is 0 Å². The summed E-state index contributed by atoms with van der Waals surface area (Å²) in [5.74, 6) is 0. The zero-order valence-corrected chi connectivity index (χ0v) is 9.16. The van der Waals surface area contributed by atoms with Gasteiger partial charge in [0.2, 0.25) is 0 Å². The van der Waals surface area contributed by atoms with Gasteiger partial charge in [0.1, 0.15) is 5.69 Å². The van der Waals surface area contributed by atoms with Crippen molar-refractivity contribution < 1.29 is 0 Å². The van der Waals surface area contributed by atoms with Gasteiger partial charge in [0, 0.05) is 11.4 Å². The molecule has 0 bridgehead atoms. The molecule has 0 amide bonds. The Morgan fingerprint density at radius 3 is 2.88 bits per heavy atom. The van der Waals surface area contributed by atoms with Gasteiger partial charge >= 0.3 is 0 Å². The van der Waals surface area contributed by atoms with Crippen LogP contribution < -0.4 is 11.3 Å². The Bertz CT molecular complexity index is 565. The fraction of sp³-hybridized carbons (Fsp3) is 0.0909. The molecule has 0 radical (unpaired) electrons. The summed E-state index contributed by atoms with van der Waals surface area (Å²) >= 11 is 5.86. The van der Waals surface area contributed by atoms with E-state index in [1.54, 1.807) is 12.1 Å². The number of rotatable bonds is 2. The number of nitrogens with zero attached hydrogens (tertiary/aromatic N) is 1. The maximum Gasteiger partial charge on any atom is 0.287 e. The number of nitrogen functional groups attached to an aromatic ring is 1. The minimum Gasteiger partial charge on any atom is -0.394 e. The van der Waals surface area contributed by atoms with Crippen LogP contribution in [0.25, 0.3) is 0 Å². The molecule has 0 saturated carbocycles. The van der Waals surface area contributed by atoms with Crippen LogP contribution in [0.15, 0.2) is 35.1 Å². The molecule has 0 fully saturated rings. The van der Waals surface area contributed by atoms with E-state index in [4.69, 9.17) is 17.3 Å². The van der Waals surface area contributed by atoms with Crippen molar-refractivity contribution >= 4 is 17.3 Å². The number of hydrogen-bond donors (Lipinski definition) is 2. The third-order valence-electron chi connectivity index (χ3n) is 2.16. The maximum absolute atomic E-state index is 11.0. The molecule has 16 heavy (non-hydrogen) atoms. The van der Waals surface area contributed by atoms with Crippen LogP contribution in [0, 0.1) is 0 Å². The summed E-state index contributed by atoms with van der Waals surface area (Å²) < 4.78 is 0. The lowest BCUT2D eigenvalue weighted by atomic mass is 10.1. The van der Waals surface area contributed by atoms with Gasteiger partial charge in [-0.25, -0.2) is 5.10 Å². The molecule has 0 aliphatic carbocycles. The molecule has 3 N–H and O–H groups in total. The Kier molecular flexibility index (Phi) is 2.92. The molecule has 1 aromatic carbocycles. The van der Waals surface area contributed by atoms with Gasteiger partial charge in [-0.15, -0.1) is 0 Å². The van der Waals surface area contributed by atoms with E-state index < -0.39 is 0 Å². The minimum absolute atomic E-state index is 0.173. The van der Waals surface area contributed by atoms with Gasteiger partial charge in [-0.2, -0.15) is 5.10 Å². The van der Waals surface area contributed by atoms with Crippen molar-refractivity contribution in [2.24, 2.45) is 0 Å². The number of nitrogens with one attached hydrogen (secondary N) is 1. The fourth-order valence-electron chi connectivity index (χ4n) is 1.41. The van der Waals surface area contributed by atoms with Crippen LogP contribution in [-0.4, -0.2) is 10.2 Å². The lowest BCUT2D eigenvalue weighted by molar-refractivity contribution is 0.914. The van der Waals surface area contributed by atoms with E-state index in [1.807, 2.05) is 18.2 Å². The first-order valence-corrected chi connectivity index (χ1v) is 5.11. The number of aromatic nitrogens is 2. The minimum atomic E-state index is -0.366. The van der Waals surface area contributed by atoms with Crippen LogP contribution in [0.5, 0.6) is 0 Å². The summed E-state index contributed by atoms with van der Waals surface area (Å²) in [5, 5.41) is 6.92. The first kappa shape index (κ1) is 10.7. The monoisotopic (exact) mass is 235 g/mol. The van der Waals surface area contributed by atoms with Gasteiger partial charge in [-0.05, 0) is 23.8 Å². The third-order valence-corrected chi connectivity index (χ3v) is 2.39. The van der Waals surface area contributed by atoms with E-state index in [-0.39, 0.29) is 11.2 Å². The van der Waals surface area contributed by atoms with Crippen molar-refractivity contribution in [3.05, 3.63) is 57.0 Å². The highest BCUT2D eigenvalue weighted by atomic mass is 35.5. The normalized spacial score (nSPS) is 10.3. The van der Waals surface area contributed by atoms with Crippen molar-refractivity contribution in [3.63, 3.8) is 0 Å². The second-order valence-electron chi connectivity index (χ2n) is 3.45. The Labute approximate surface area is 97.1 Å².